The number of benzene rings is 1. The van der Waals surface area contributed by atoms with Crippen LogP contribution < -0.4 is 4.74 Å². The van der Waals surface area contributed by atoms with E-state index < -0.39 is 0 Å². The van der Waals surface area contributed by atoms with Gasteiger partial charge >= 0.3 is 0 Å². The lowest BCUT2D eigenvalue weighted by molar-refractivity contribution is 0.245. The molecule has 0 N–H and O–H groups in total. The number of hydrogen-bond donors (Lipinski definition) is 0. The maximum absolute atomic E-state index is 5.33. The Labute approximate surface area is 117 Å². The highest BCUT2D eigenvalue weighted by Crippen LogP contribution is 2.34. The monoisotopic (exact) mass is 274 g/mol. The van der Waals surface area contributed by atoms with E-state index in [1.807, 2.05) is 11.6 Å². The molecular formula is C15H18N2OS. The fourth-order valence-corrected chi connectivity index (χ4v) is 3.31. The van der Waals surface area contributed by atoms with E-state index in [1.165, 1.54) is 24.1 Å². The summed E-state index contributed by atoms with van der Waals surface area (Å²) in [5.74, 6) is 0.943. The zero-order valence-electron chi connectivity index (χ0n) is 11.1. The molecule has 0 bridgehead atoms. The number of aromatic nitrogens is 1. The SMILES string of the molecule is COc1cccc(C2CCCN2Cc2cscn2)c1. The molecule has 0 radical (unpaired) electrons. The van der Waals surface area contributed by atoms with Gasteiger partial charge in [-0.15, -0.1) is 11.3 Å². The van der Waals surface area contributed by atoms with Crippen molar-refractivity contribution in [3.8, 4) is 5.75 Å². The van der Waals surface area contributed by atoms with E-state index in [4.69, 9.17) is 4.74 Å². The van der Waals surface area contributed by atoms with Gasteiger partial charge in [0.1, 0.15) is 5.75 Å². The van der Waals surface area contributed by atoms with Crippen LogP contribution in [0.1, 0.15) is 30.1 Å². The zero-order valence-corrected chi connectivity index (χ0v) is 11.9. The smallest absolute Gasteiger partial charge is 0.119 e. The lowest BCUT2D eigenvalue weighted by Gasteiger charge is -2.24. The average molecular weight is 274 g/mol. The van der Waals surface area contributed by atoms with Crippen molar-refractivity contribution >= 4 is 11.3 Å². The van der Waals surface area contributed by atoms with E-state index in [9.17, 15) is 0 Å². The molecule has 1 aliphatic rings. The minimum atomic E-state index is 0.497. The second-order valence-electron chi connectivity index (χ2n) is 4.88. The Hall–Kier alpha value is -1.39. The van der Waals surface area contributed by atoms with Crippen molar-refractivity contribution in [3.05, 3.63) is 46.4 Å². The lowest BCUT2D eigenvalue weighted by Crippen LogP contribution is -2.22. The maximum atomic E-state index is 5.33. The van der Waals surface area contributed by atoms with Crippen LogP contribution >= 0.6 is 11.3 Å². The van der Waals surface area contributed by atoms with E-state index >= 15 is 0 Å². The molecule has 0 spiro atoms. The highest BCUT2D eigenvalue weighted by atomic mass is 32.1. The Morgan fingerprint density at radius 1 is 1.47 bits per heavy atom. The Kier molecular flexibility index (Phi) is 3.80. The summed E-state index contributed by atoms with van der Waals surface area (Å²) in [6.07, 6.45) is 2.48. The molecule has 0 saturated carbocycles. The second-order valence-corrected chi connectivity index (χ2v) is 5.60. The predicted octanol–water partition coefficient (Wildman–Crippen LogP) is 3.49. The number of nitrogens with zero attached hydrogens (tertiary/aromatic N) is 2. The molecule has 100 valence electrons. The Morgan fingerprint density at radius 3 is 3.21 bits per heavy atom. The first kappa shape index (κ1) is 12.6. The molecule has 1 unspecified atom stereocenters. The summed E-state index contributed by atoms with van der Waals surface area (Å²) < 4.78 is 5.33. The predicted molar refractivity (Wildman–Crippen MR) is 77.5 cm³/mol. The summed E-state index contributed by atoms with van der Waals surface area (Å²) in [4.78, 5) is 6.91. The van der Waals surface area contributed by atoms with Crippen LogP contribution in [-0.4, -0.2) is 23.5 Å². The summed E-state index contributed by atoms with van der Waals surface area (Å²) in [6, 6.07) is 8.93. The average Bonchev–Trinajstić information content (AvgIpc) is 3.11. The number of likely N-dealkylation sites (tertiary alicyclic amines) is 1. The maximum Gasteiger partial charge on any atom is 0.119 e. The van der Waals surface area contributed by atoms with Gasteiger partial charge in [-0.3, -0.25) is 4.90 Å². The topological polar surface area (TPSA) is 25.4 Å². The first-order valence-electron chi connectivity index (χ1n) is 6.62. The minimum absolute atomic E-state index is 0.497. The van der Waals surface area contributed by atoms with Gasteiger partial charge < -0.3 is 4.74 Å². The van der Waals surface area contributed by atoms with Gasteiger partial charge in [0, 0.05) is 18.0 Å². The largest absolute Gasteiger partial charge is 0.497 e. The van der Waals surface area contributed by atoms with Crippen LogP contribution in [0.4, 0.5) is 0 Å². The second kappa shape index (κ2) is 5.72. The van der Waals surface area contributed by atoms with Gasteiger partial charge in [-0.05, 0) is 37.1 Å². The van der Waals surface area contributed by atoms with E-state index in [0.717, 1.165) is 18.8 Å². The molecule has 1 fully saturated rings. The molecule has 1 saturated heterocycles. The minimum Gasteiger partial charge on any atom is -0.497 e. The quantitative estimate of drug-likeness (QED) is 0.853. The molecule has 0 amide bonds. The lowest BCUT2D eigenvalue weighted by atomic mass is 10.0. The van der Waals surface area contributed by atoms with Crippen molar-refractivity contribution in [2.24, 2.45) is 0 Å². The fourth-order valence-electron chi connectivity index (χ4n) is 2.77. The van der Waals surface area contributed by atoms with Crippen LogP contribution in [0.3, 0.4) is 0 Å². The summed E-state index contributed by atoms with van der Waals surface area (Å²) in [5.41, 5.74) is 4.44. The summed E-state index contributed by atoms with van der Waals surface area (Å²) >= 11 is 1.67. The number of hydrogen-bond acceptors (Lipinski definition) is 4. The van der Waals surface area contributed by atoms with Crippen molar-refractivity contribution in [1.82, 2.24) is 9.88 Å². The molecule has 0 aliphatic carbocycles. The first-order chi connectivity index (χ1) is 9.36. The molecule has 3 nitrogen and oxygen atoms in total. The number of thiazole rings is 1. The standard InChI is InChI=1S/C15H18N2OS/c1-18-14-5-2-4-12(8-14)15-6-3-7-17(15)9-13-10-19-11-16-13/h2,4-5,8,10-11,15H,3,6-7,9H2,1H3. The van der Waals surface area contributed by atoms with Gasteiger partial charge in [0.25, 0.3) is 0 Å². The van der Waals surface area contributed by atoms with Gasteiger partial charge in [-0.1, -0.05) is 12.1 Å². The molecule has 1 aliphatic heterocycles. The first-order valence-corrected chi connectivity index (χ1v) is 7.56. The van der Waals surface area contributed by atoms with Crippen LogP contribution in [0.2, 0.25) is 0 Å². The molecule has 3 rings (SSSR count). The highest BCUT2D eigenvalue weighted by Gasteiger charge is 2.26. The molecular weight excluding hydrogens is 256 g/mol. The number of methoxy groups -OCH3 is 1. The molecule has 4 heteroatoms. The molecule has 1 aromatic carbocycles. The number of rotatable bonds is 4. The van der Waals surface area contributed by atoms with Crippen molar-refractivity contribution in [1.29, 1.82) is 0 Å². The molecule has 2 aromatic rings. The third-order valence-corrected chi connectivity index (χ3v) is 4.33. The zero-order chi connectivity index (χ0) is 13.1. The van der Waals surface area contributed by atoms with E-state index in [1.54, 1.807) is 18.4 Å². The van der Waals surface area contributed by atoms with Crippen LogP contribution in [0.5, 0.6) is 5.75 Å². The Bertz CT molecular complexity index is 527. The fraction of sp³-hybridized carbons (Fsp3) is 0.400. The molecule has 19 heavy (non-hydrogen) atoms. The Morgan fingerprint density at radius 2 is 2.42 bits per heavy atom. The third-order valence-electron chi connectivity index (χ3n) is 3.69. The van der Waals surface area contributed by atoms with Crippen molar-refractivity contribution < 1.29 is 4.74 Å². The van der Waals surface area contributed by atoms with Crippen molar-refractivity contribution in [2.45, 2.75) is 25.4 Å². The third kappa shape index (κ3) is 2.80. The highest BCUT2D eigenvalue weighted by molar-refractivity contribution is 7.07. The van der Waals surface area contributed by atoms with Crippen LogP contribution in [0.15, 0.2) is 35.2 Å². The number of ether oxygens (including phenoxy) is 1. The van der Waals surface area contributed by atoms with E-state index in [-0.39, 0.29) is 0 Å². The molecule has 1 atom stereocenters. The van der Waals surface area contributed by atoms with E-state index in [0.29, 0.717) is 6.04 Å². The van der Waals surface area contributed by atoms with Crippen LogP contribution in [-0.2, 0) is 6.54 Å². The summed E-state index contributed by atoms with van der Waals surface area (Å²) in [6.45, 7) is 2.10. The van der Waals surface area contributed by atoms with Crippen molar-refractivity contribution in [3.63, 3.8) is 0 Å². The summed E-state index contributed by atoms with van der Waals surface area (Å²) in [5, 5.41) is 2.14. The van der Waals surface area contributed by atoms with E-state index in [2.05, 4.69) is 33.5 Å². The van der Waals surface area contributed by atoms with Gasteiger partial charge in [0.15, 0.2) is 0 Å². The van der Waals surface area contributed by atoms with Crippen LogP contribution in [0, 0.1) is 0 Å². The van der Waals surface area contributed by atoms with Gasteiger partial charge in [0.05, 0.1) is 18.3 Å². The normalized spacial score (nSPS) is 19.7. The van der Waals surface area contributed by atoms with Gasteiger partial charge in [-0.2, -0.15) is 0 Å². The summed E-state index contributed by atoms with van der Waals surface area (Å²) in [7, 11) is 1.72. The van der Waals surface area contributed by atoms with Gasteiger partial charge in [-0.25, -0.2) is 4.98 Å². The Balaban J connectivity index is 1.78. The van der Waals surface area contributed by atoms with Gasteiger partial charge in [0.2, 0.25) is 0 Å². The molecule has 2 heterocycles. The van der Waals surface area contributed by atoms with Crippen LogP contribution in [0.25, 0.3) is 0 Å². The molecule has 1 aromatic heterocycles. The van der Waals surface area contributed by atoms with Crippen molar-refractivity contribution in [2.75, 3.05) is 13.7 Å².